The Morgan fingerprint density at radius 3 is 0.385 bits per heavy atom. The molecule has 8 N–H and O–H groups in total. The van der Waals surface area contributed by atoms with Crippen LogP contribution in [0.5, 0.6) is 0 Å². The molecule has 0 radical (unpaired) electrons. The van der Waals surface area contributed by atoms with E-state index in [9.17, 15) is 67.1 Å². The maximum Gasteiger partial charge on any atom is 0.253 e. The van der Waals surface area contributed by atoms with Crippen LogP contribution in [-0.2, 0) is 38.5 Å². The van der Waals surface area contributed by atoms with E-state index < -0.39 is 43.4 Å². The number of fused-ring (bicyclic) bond motifs is 7. The summed E-state index contributed by atoms with van der Waals surface area (Å²) in [6.45, 7) is 16.9. The van der Waals surface area contributed by atoms with E-state index in [0.29, 0.717) is 195 Å². The van der Waals surface area contributed by atoms with Crippen LogP contribution in [0.25, 0.3) is 0 Å². The second kappa shape index (κ2) is 48.6. The number of nitrogens with zero attached hydrogens (tertiary/aromatic N) is 8. The minimum absolute atomic E-state index is 0.302. The zero-order chi connectivity index (χ0) is 84.5. The third kappa shape index (κ3) is 27.9. The smallest absolute Gasteiger partial charge is 0.253 e. The Labute approximate surface area is 687 Å². The van der Waals surface area contributed by atoms with E-state index in [-0.39, 0.29) is 32.6 Å². The van der Waals surface area contributed by atoms with Gasteiger partial charge in [-0.05, 0) is 334 Å². The summed E-state index contributed by atoms with van der Waals surface area (Å²) >= 11 is 0. The van der Waals surface area contributed by atoms with Crippen LogP contribution >= 0.6 is 0 Å². The Hall–Kier alpha value is -8.36. The number of nitrogens with one attached hydrogen (secondary N) is 8. The monoisotopic (exact) mass is 1630 g/mol. The van der Waals surface area contributed by atoms with Crippen molar-refractivity contribution in [1.82, 2.24) is 39.2 Å². The molecule has 117 heavy (non-hydrogen) atoms. The lowest BCUT2D eigenvalue weighted by Crippen LogP contribution is -2.40. The van der Waals surface area contributed by atoms with Crippen LogP contribution in [0.15, 0.2) is 67.1 Å². The molecular formula is C87H134N16O14. The lowest BCUT2D eigenvalue weighted by atomic mass is 9.92. The Morgan fingerprint density at radius 2 is 0.256 bits per heavy atom. The molecule has 0 bridgehead atoms. The predicted octanol–water partition coefficient (Wildman–Crippen LogP) is 2.27. The van der Waals surface area contributed by atoms with E-state index in [1.54, 1.807) is 0 Å². The summed E-state index contributed by atoms with van der Waals surface area (Å²) < 4.78 is 0. The number of hydrogen-bond donors (Lipinski definition) is 8. The SMILES string of the molecule is CN1CCCCc2c(c(=O)c2=O)CCCCN(C)CCCCc2c(c(=O)c2=O)CCCCN(C)CCCN(C)CCCNc2c(c(=O)c2=O)NCCCN(C)CCCNc2c(c(=O)c2=O)NCCCN(C)CCCNc2c(c(=O)c2=O)NCCCN(C)CCCNc2c(c(=O)c2=O)NCCCN(C)CCCCc2c(c(=O)c2=O)CCCC1. The van der Waals surface area contributed by atoms with Crippen molar-refractivity contribution >= 4 is 45.5 Å². The van der Waals surface area contributed by atoms with Crippen molar-refractivity contribution in [3.63, 3.8) is 0 Å². The van der Waals surface area contributed by atoms with Gasteiger partial charge in [-0.3, -0.25) is 67.1 Å². The highest BCUT2D eigenvalue weighted by molar-refractivity contribution is 5.76. The average molecular weight is 1630 g/mol. The Balaban J connectivity index is 0.726. The first kappa shape index (κ1) is 94.1. The summed E-state index contributed by atoms with van der Waals surface area (Å²) in [7, 11) is 16.3. The Kier molecular flexibility index (Phi) is 39.1. The summed E-state index contributed by atoms with van der Waals surface area (Å²) in [6.07, 6.45) is 20.6. The molecule has 30 nitrogen and oxygen atoms in total. The summed E-state index contributed by atoms with van der Waals surface area (Å²) in [4.78, 5) is 194. The first-order valence-corrected chi connectivity index (χ1v) is 43.4. The zero-order valence-electron chi connectivity index (χ0n) is 71.4. The quantitative estimate of drug-likeness (QED) is 0.101. The molecule has 0 aromatic heterocycles. The minimum Gasteiger partial charge on any atom is -0.380 e. The van der Waals surface area contributed by atoms with Crippen molar-refractivity contribution in [2.75, 3.05) is 256 Å². The number of hydrogen-bond acceptors (Lipinski definition) is 30. The van der Waals surface area contributed by atoms with E-state index >= 15 is 0 Å². The highest BCUT2D eigenvalue weighted by Crippen LogP contribution is 2.21. The molecule has 0 atom stereocenters. The topological polar surface area (TPSA) is 361 Å². The molecule has 0 fully saturated rings. The molecule has 0 amide bonds. The van der Waals surface area contributed by atoms with Gasteiger partial charge in [-0.15, -0.1) is 0 Å². The Morgan fingerprint density at radius 1 is 0.145 bits per heavy atom. The first-order valence-electron chi connectivity index (χ1n) is 43.4. The first-order chi connectivity index (χ1) is 56.3. The number of anilines is 8. The summed E-state index contributed by atoms with van der Waals surface area (Å²) in [5.41, 5.74) is 0.383. The van der Waals surface area contributed by atoms with Crippen molar-refractivity contribution in [2.45, 2.75) is 173 Å². The second-order valence-corrected chi connectivity index (χ2v) is 33.2. The third-order valence-corrected chi connectivity index (χ3v) is 23.5. The van der Waals surface area contributed by atoms with Gasteiger partial charge in [0, 0.05) is 85.7 Å². The molecule has 0 saturated carbocycles. The van der Waals surface area contributed by atoms with Crippen molar-refractivity contribution < 1.29 is 0 Å². The molecular weight excluding hydrogens is 1490 g/mol. The minimum atomic E-state index is -0.538. The molecule has 1 aliphatic heterocycles. The normalized spacial score (nSPS) is 20.0. The predicted molar refractivity (Wildman–Crippen MR) is 477 cm³/mol. The summed E-state index contributed by atoms with van der Waals surface area (Å²) in [6, 6.07) is 0. The highest BCUT2D eigenvalue weighted by Gasteiger charge is 2.27. The van der Waals surface area contributed by atoms with Gasteiger partial charge in [-0.25, -0.2) is 0 Å². The zero-order valence-corrected chi connectivity index (χ0v) is 71.4. The van der Waals surface area contributed by atoms with Crippen LogP contribution in [0.4, 0.5) is 45.5 Å². The van der Waals surface area contributed by atoms with Crippen LogP contribution in [0.3, 0.4) is 0 Å². The molecule has 7 aromatic rings. The van der Waals surface area contributed by atoms with Gasteiger partial charge in [0.15, 0.2) is 0 Å². The highest BCUT2D eigenvalue weighted by atomic mass is 16.2. The van der Waals surface area contributed by atoms with Gasteiger partial charge >= 0.3 is 0 Å². The summed E-state index contributed by atoms with van der Waals surface area (Å²) in [5.74, 6) is 0. The Bertz CT molecular complexity index is 4470. The van der Waals surface area contributed by atoms with E-state index in [4.69, 9.17) is 0 Å². The molecule has 7 aromatic carbocycles. The number of rotatable bonds is 0. The van der Waals surface area contributed by atoms with Crippen molar-refractivity contribution in [3.8, 4) is 0 Å². The van der Waals surface area contributed by atoms with Gasteiger partial charge in [-0.1, -0.05) is 0 Å². The molecule has 8 rings (SSSR count). The van der Waals surface area contributed by atoms with E-state index in [0.717, 1.165) is 214 Å². The van der Waals surface area contributed by atoms with E-state index in [1.165, 1.54) is 0 Å². The van der Waals surface area contributed by atoms with Crippen LogP contribution in [0.1, 0.15) is 168 Å². The van der Waals surface area contributed by atoms with Crippen molar-refractivity contribution in [3.05, 3.63) is 177 Å². The molecule has 0 aliphatic carbocycles. The average Bonchev–Trinajstić information content (AvgIpc) is 0.829. The fourth-order valence-corrected chi connectivity index (χ4v) is 16.1. The van der Waals surface area contributed by atoms with Gasteiger partial charge < -0.3 is 81.7 Å². The summed E-state index contributed by atoms with van der Waals surface area (Å²) in [5, 5.41) is 25.3. The van der Waals surface area contributed by atoms with Crippen molar-refractivity contribution in [1.29, 1.82) is 0 Å². The lowest BCUT2D eigenvalue weighted by molar-refractivity contribution is 0.275. The van der Waals surface area contributed by atoms with Gasteiger partial charge in [0.05, 0.1) is 0 Å². The fourth-order valence-electron chi connectivity index (χ4n) is 16.1. The van der Waals surface area contributed by atoms with Crippen LogP contribution in [0, 0.1) is 0 Å². The molecule has 30 heteroatoms. The fraction of sp³-hybridized carbons (Fsp3) is 0.678. The third-order valence-electron chi connectivity index (χ3n) is 23.5. The second-order valence-electron chi connectivity index (χ2n) is 33.2. The van der Waals surface area contributed by atoms with Crippen LogP contribution in [0.2, 0.25) is 0 Å². The van der Waals surface area contributed by atoms with Gasteiger partial charge in [0.2, 0.25) is 32.6 Å². The molecule has 646 valence electrons. The van der Waals surface area contributed by atoms with Gasteiger partial charge in [-0.2, -0.15) is 0 Å². The van der Waals surface area contributed by atoms with E-state index in [1.807, 2.05) is 28.2 Å². The van der Waals surface area contributed by atoms with Crippen molar-refractivity contribution in [2.24, 2.45) is 0 Å². The standard InChI is InChI=1S/C87H134N16O14/c1-96-44-15-9-30-60-61(75(105)74(60)104)31-10-16-45-97(2)47-18-12-33-63-65(79(109)77(63)107)35-14-20-49-99(4)58-29-59-103(8)57-28-43-95-73-72(86(116)87(73)117)94-42-27-56-102(7)55-26-41-93-71-70(84(114)85(71)115)92-40-25-54-101(6)53-24-39-91-69-68(82(112)83(69)113)90-38-23-52-100(5)51-22-37-89-67-66(80(110)81(67)111)88-36-21-50-98(3)48-19-13-34-64-62(32-11-17-46-96)76(106)78(64)108/h88-95H,9-59H2,1-8H3. The van der Waals surface area contributed by atoms with Crippen LogP contribution < -0.4 is 119 Å². The molecule has 1 aliphatic rings. The molecule has 0 spiro atoms. The maximum absolute atomic E-state index is 12.6. The lowest BCUT2D eigenvalue weighted by Gasteiger charge is -2.21. The maximum atomic E-state index is 12.6. The molecule has 0 saturated heterocycles. The van der Waals surface area contributed by atoms with Crippen LogP contribution in [-0.4, -0.2) is 253 Å². The van der Waals surface area contributed by atoms with E-state index in [2.05, 4.69) is 110 Å². The molecule has 1 heterocycles. The molecule has 0 unspecified atom stereocenters. The van der Waals surface area contributed by atoms with Gasteiger partial charge in [0.25, 0.3) is 43.4 Å². The van der Waals surface area contributed by atoms with Gasteiger partial charge in [0.1, 0.15) is 45.5 Å². The largest absolute Gasteiger partial charge is 0.380 e.